The minimum absolute atomic E-state index is 0.126. The molecule has 5 heteroatoms. The summed E-state index contributed by atoms with van der Waals surface area (Å²) in [5, 5.41) is 8.82. The predicted octanol–water partition coefficient (Wildman–Crippen LogP) is 2.06. The molecule has 1 aliphatic heterocycles. The summed E-state index contributed by atoms with van der Waals surface area (Å²) in [6.45, 7) is 3.65. The van der Waals surface area contributed by atoms with Crippen LogP contribution in [-0.2, 0) is 9.59 Å². The Morgan fingerprint density at radius 2 is 1.89 bits per heavy atom. The van der Waals surface area contributed by atoms with Gasteiger partial charge in [-0.1, -0.05) is 13.8 Å². The Kier molecular flexibility index (Phi) is 3.14. The number of carbonyl (C=O) groups excluding carboxylic acids is 2. The van der Waals surface area contributed by atoms with Crippen molar-refractivity contribution in [1.29, 1.82) is 0 Å². The average Bonchev–Trinajstić information content (AvgIpc) is 2.61. The zero-order chi connectivity index (χ0) is 14.2. The number of anilines is 1. The Bertz CT molecular complexity index is 549. The maximum Gasteiger partial charge on any atom is 0.335 e. The molecular formula is C14H15NO4. The largest absolute Gasteiger partial charge is 0.478 e. The van der Waals surface area contributed by atoms with E-state index < -0.39 is 11.4 Å². The van der Waals surface area contributed by atoms with Crippen molar-refractivity contribution >= 4 is 23.5 Å². The molecule has 1 unspecified atom stereocenters. The molecule has 0 saturated carbocycles. The summed E-state index contributed by atoms with van der Waals surface area (Å²) in [6.07, 6.45) is 0.796. The zero-order valence-electron chi connectivity index (χ0n) is 10.8. The van der Waals surface area contributed by atoms with Gasteiger partial charge in [-0.3, -0.25) is 14.5 Å². The van der Waals surface area contributed by atoms with Crippen molar-refractivity contribution in [1.82, 2.24) is 0 Å². The van der Waals surface area contributed by atoms with Crippen LogP contribution < -0.4 is 4.90 Å². The molecule has 19 heavy (non-hydrogen) atoms. The molecule has 2 amide bonds. The highest BCUT2D eigenvalue weighted by molar-refractivity contribution is 6.22. The number of rotatable bonds is 3. The Hall–Kier alpha value is -2.17. The molecular weight excluding hydrogens is 246 g/mol. The van der Waals surface area contributed by atoms with Gasteiger partial charge in [0, 0.05) is 6.42 Å². The number of carbonyl (C=O) groups is 3. The lowest BCUT2D eigenvalue weighted by Crippen LogP contribution is -2.33. The first-order valence-electron chi connectivity index (χ1n) is 6.10. The Morgan fingerprint density at radius 3 is 2.32 bits per heavy atom. The van der Waals surface area contributed by atoms with Gasteiger partial charge in [-0.2, -0.15) is 0 Å². The summed E-state index contributed by atoms with van der Waals surface area (Å²) in [4.78, 5) is 36.2. The Balaban J connectivity index is 2.34. The molecule has 0 spiro atoms. The molecule has 0 bridgehead atoms. The van der Waals surface area contributed by atoms with Crippen LogP contribution in [0.25, 0.3) is 0 Å². The van der Waals surface area contributed by atoms with Gasteiger partial charge in [-0.15, -0.1) is 0 Å². The van der Waals surface area contributed by atoms with Gasteiger partial charge in [0.2, 0.25) is 11.8 Å². The van der Waals surface area contributed by atoms with E-state index in [-0.39, 0.29) is 23.8 Å². The quantitative estimate of drug-likeness (QED) is 0.845. The number of carboxylic acid groups (broad SMARTS) is 1. The third kappa shape index (κ3) is 2.12. The average molecular weight is 261 g/mol. The number of nitrogens with zero attached hydrogens (tertiary/aromatic N) is 1. The lowest BCUT2D eigenvalue weighted by atomic mass is 9.86. The van der Waals surface area contributed by atoms with Crippen molar-refractivity contribution in [2.45, 2.75) is 26.7 Å². The fraction of sp³-hybridized carbons (Fsp3) is 0.357. The normalized spacial score (nSPS) is 22.9. The van der Waals surface area contributed by atoms with E-state index in [0.717, 1.165) is 4.90 Å². The highest BCUT2D eigenvalue weighted by Crippen LogP contribution is 2.38. The minimum atomic E-state index is -1.04. The van der Waals surface area contributed by atoms with Gasteiger partial charge in [0.1, 0.15) is 0 Å². The fourth-order valence-corrected chi connectivity index (χ4v) is 2.16. The molecule has 100 valence electrons. The van der Waals surface area contributed by atoms with Crippen LogP contribution in [-0.4, -0.2) is 22.9 Å². The molecule has 0 radical (unpaired) electrons. The van der Waals surface area contributed by atoms with Crippen molar-refractivity contribution < 1.29 is 19.5 Å². The molecule has 1 heterocycles. The second kappa shape index (κ2) is 4.50. The molecule has 1 N–H and O–H groups in total. The third-order valence-corrected chi connectivity index (χ3v) is 3.66. The van der Waals surface area contributed by atoms with E-state index in [1.807, 2.05) is 6.92 Å². The molecule has 1 aromatic rings. The third-order valence-electron chi connectivity index (χ3n) is 3.66. The van der Waals surface area contributed by atoms with E-state index in [1.165, 1.54) is 24.3 Å². The lowest BCUT2D eigenvalue weighted by Gasteiger charge is -2.20. The predicted molar refractivity (Wildman–Crippen MR) is 68.9 cm³/mol. The van der Waals surface area contributed by atoms with Gasteiger partial charge >= 0.3 is 5.97 Å². The van der Waals surface area contributed by atoms with Crippen LogP contribution in [0, 0.1) is 5.41 Å². The van der Waals surface area contributed by atoms with Crippen molar-refractivity contribution in [3.63, 3.8) is 0 Å². The highest BCUT2D eigenvalue weighted by Gasteiger charge is 2.47. The number of imide groups is 1. The van der Waals surface area contributed by atoms with E-state index in [4.69, 9.17) is 5.11 Å². The molecule has 2 rings (SSSR count). The summed E-state index contributed by atoms with van der Waals surface area (Å²) in [7, 11) is 0. The fourth-order valence-electron chi connectivity index (χ4n) is 2.16. The summed E-state index contributed by atoms with van der Waals surface area (Å²) in [5.74, 6) is -1.50. The lowest BCUT2D eigenvalue weighted by molar-refractivity contribution is -0.125. The van der Waals surface area contributed by atoms with Gasteiger partial charge in [-0.25, -0.2) is 4.79 Å². The number of benzene rings is 1. The van der Waals surface area contributed by atoms with Crippen LogP contribution >= 0.6 is 0 Å². The second-order valence-corrected chi connectivity index (χ2v) is 4.98. The molecule has 1 atom stereocenters. The Morgan fingerprint density at radius 1 is 1.32 bits per heavy atom. The van der Waals surface area contributed by atoms with E-state index in [2.05, 4.69) is 0 Å². The molecule has 0 aromatic heterocycles. The Labute approximate surface area is 110 Å². The van der Waals surface area contributed by atoms with Crippen molar-refractivity contribution in [2.75, 3.05) is 4.90 Å². The number of hydrogen-bond acceptors (Lipinski definition) is 3. The smallest absolute Gasteiger partial charge is 0.335 e. The summed E-state index contributed by atoms with van der Waals surface area (Å²) in [6, 6.07) is 5.75. The molecule has 1 aliphatic rings. The van der Waals surface area contributed by atoms with Crippen LogP contribution in [0.4, 0.5) is 5.69 Å². The van der Waals surface area contributed by atoms with Gasteiger partial charge in [0.15, 0.2) is 0 Å². The molecule has 0 aliphatic carbocycles. The number of amides is 2. The van der Waals surface area contributed by atoms with E-state index in [0.29, 0.717) is 12.1 Å². The monoisotopic (exact) mass is 261 g/mol. The maximum atomic E-state index is 12.3. The van der Waals surface area contributed by atoms with Gasteiger partial charge in [0.05, 0.1) is 16.7 Å². The standard InChI is InChI=1S/C14H15NO4/c1-3-14(2)8-11(16)15(13(14)19)10-6-4-9(5-7-10)12(17)18/h4-7H,3,8H2,1-2H3,(H,17,18). The molecule has 1 saturated heterocycles. The van der Waals surface area contributed by atoms with Crippen LogP contribution in [0.15, 0.2) is 24.3 Å². The molecule has 1 fully saturated rings. The van der Waals surface area contributed by atoms with Gasteiger partial charge in [0.25, 0.3) is 0 Å². The van der Waals surface area contributed by atoms with E-state index in [1.54, 1.807) is 6.92 Å². The summed E-state index contributed by atoms with van der Waals surface area (Å²) < 4.78 is 0. The first kappa shape index (κ1) is 13.3. The van der Waals surface area contributed by atoms with Crippen LogP contribution in [0.1, 0.15) is 37.0 Å². The summed E-state index contributed by atoms with van der Waals surface area (Å²) >= 11 is 0. The van der Waals surface area contributed by atoms with Crippen molar-refractivity contribution in [3.05, 3.63) is 29.8 Å². The van der Waals surface area contributed by atoms with Gasteiger partial charge in [-0.05, 0) is 30.7 Å². The van der Waals surface area contributed by atoms with Crippen LogP contribution in [0.3, 0.4) is 0 Å². The van der Waals surface area contributed by atoms with Crippen LogP contribution in [0.2, 0.25) is 0 Å². The number of carboxylic acids is 1. The highest BCUT2D eigenvalue weighted by atomic mass is 16.4. The van der Waals surface area contributed by atoms with E-state index >= 15 is 0 Å². The first-order chi connectivity index (χ1) is 8.89. The van der Waals surface area contributed by atoms with Gasteiger partial charge < -0.3 is 5.11 Å². The van der Waals surface area contributed by atoms with Crippen molar-refractivity contribution in [2.24, 2.45) is 5.41 Å². The molecule has 5 nitrogen and oxygen atoms in total. The first-order valence-corrected chi connectivity index (χ1v) is 6.10. The van der Waals surface area contributed by atoms with Crippen molar-refractivity contribution in [3.8, 4) is 0 Å². The number of aromatic carboxylic acids is 1. The zero-order valence-corrected chi connectivity index (χ0v) is 10.8. The topological polar surface area (TPSA) is 74.7 Å². The number of hydrogen-bond donors (Lipinski definition) is 1. The van der Waals surface area contributed by atoms with Crippen LogP contribution in [0.5, 0.6) is 0 Å². The maximum absolute atomic E-state index is 12.3. The van der Waals surface area contributed by atoms with E-state index in [9.17, 15) is 14.4 Å². The second-order valence-electron chi connectivity index (χ2n) is 4.98. The molecule has 1 aromatic carbocycles. The minimum Gasteiger partial charge on any atom is -0.478 e. The summed E-state index contributed by atoms with van der Waals surface area (Å²) in [5.41, 5.74) is -0.0963. The SMILES string of the molecule is CCC1(C)CC(=O)N(c2ccc(C(=O)O)cc2)C1=O.